The Morgan fingerprint density at radius 1 is 1.11 bits per heavy atom. The van der Waals surface area contributed by atoms with E-state index in [1.54, 1.807) is 0 Å². The van der Waals surface area contributed by atoms with E-state index in [0.717, 1.165) is 31.8 Å². The topological polar surface area (TPSA) is 46.3 Å². The van der Waals surface area contributed by atoms with E-state index in [9.17, 15) is 4.79 Å². The highest BCUT2D eigenvalue weighted by Crippen LogP contribution is 2.33. The molecule has 1 aliphatic heterocycles. The van der Waals surface area contributed by atoms with Crippen LogP contribution in [0.1, 0.15) is 37.2 Å². The Bertz CT molecular complexity index is 441. The van der Waals surface area contributed by atoms with Gasteiger partial charge >= 0.3 is 0 Å². The molecule has 1 aliphatic carbocycles. The van der Waals surface area contributed by atoms with E-state index in [-0.39, 0.29) is 11.9 Å². The Morgan fingerprint density at radius 3 is 2.53 bits per heavy atom. The lowest BCUT2D eigenvalue weighted by atomic mass is 9.94. The number of nitrogens with zero attached hydrogens (tertiary/aromatic N) is 1. The normalized spacial score (nSPS) is 28.3. The van der Waals surface area contributed by atoms with Gasteiger partial charge in [-0.25, -0.2) is 0 Å². The summed E-state index contributed by atoms with van der Waals surface area (Å²) in [5, 5.41) is 0. The largest absolute Gasteiger partial charge is 0.340 e. The van der Waals surface area contributed by atoms with Crippen molar-refractivity contribution in [1.82, 2.24) is 4.90 Å². The highest BCUT2D eigenvalue weighted by molar-refractivity contribution is 5.82. The van der Waals surface area contributed by atoms with E-state index in [2.05, 4.69) is 24.3 Å². The molecule has 1 aromatic rings. The van der Waals surface area contributed by atoms with Crippen molar-refractivity contribution in [3.8, 4) is 0 Å². The number of hydrogen-bond donors (Lipinski definition) is 1. The fourth-order valence-electron chi connectivity index (χ4n) is 2.96. The zero-order chi connectivity index (χ0) is 13.2. The maximum Gasteiger partial charge on any atom is 0.239 e. The standard InChI is InChI=1S/C16H22N2O/c17-15-9-8-14(13-4-2-1-3-5-13)11-18(16(15)19)10-12-6-7-12/h1-5,12,14-15H,6-11,17H2. The van der Waals surface area contributed by atoms with Crippen molar-refractivity contribution in [2.75, 3.05) is 13.1 Å². The van der Waals surface area contributed by atoms with Crippen LogP contribution in [0.3, 0.4) is 0 Å². The van der Waals surface area contributed by atoms with Crippen LogP contribution in [0.15, 0.2) is 30.3 Å². The first kappa shape index (κ1) is 12.7. The zero-order valence-electron chi connectivity index (χ0n) is 11.3. The van der Waals surface area contributed by atoms with Crippen LogP contribution in [0.4, 0.5) is 0 Å². The van der Waals surface area contributed by atoms with Crippen LogP contribution >= 0.6 is 0 Å². The average molecular weight is 258 g/mol. The van der Waals surface area contributed by atoms with Gasteiger partial charge in [-0.3, -0.25) is 4.79 Å². The molecule has 0 spiro atoms. The van der Waals surface area contributed by atoms with Gasteiger partial charge in [0.1, 0.15) is 0 Å². The van der Waals surface area contributed by atoms with Crippen molar-refractivity contribution in [1.29, 1.82) is 0 Å². The molecule has 0 radical (unpaired) electrons. The third-order valence-electron chi connectivity index (χ3n) is 4.34. The molecule has 1 amide bonds. The molecule has 3 rings (SSSR count). The minimum absolute atomic E-state index is 0.158. The Labute approximate surface area is 114 Å². The van der Waals surface area contributed by atoms with Crippen molar-refractivity contribution in [3.05, 3.63) is 35.9 Å². The Hall–Kier alpha value is -1.35. The molecule has 2 atom stereocenters. The molecular formula is C16H22N2O. The van der Waals surface area contributed by atoms with Gasteiger partial charge in [0.25, 0.3) is 0 Å². The molecule has 2 unspecified atom stereocenters. The van der Waals surface area contributed by atoms with Crippen LogP contribution < -0.4 is 5.73 Å². The average Bonchev–Trinajstić information content (AvgIpc) is 3.26. The summed E-state index contributed by atoms with van der Waals surface area (Å²) in [7, 11) is 0. The van der Waals surface area contributed by atoms with Gasteiger partial charge in [-0.2, -0.15) is 0 Å². The molecule has 1 saturated heterocycles. The number of amides is 1. The van der Waals surface area contributed by atoms with Gasteiger partial charge in [0.15, 0.2) is 0 Å². The summed E-state index contributed by atoms with van der Waals surface area (Å²) in [6, 6.07) is 10.2. The van der Waals surface area contributed by atoms with E-state index in [1.165, 1.54) is 18.4 Å². The summed E-state index contributed by atoms with van der Waals surface area (Å²) in [6.45, 7) is 1.75. The molecule has 3 nitrogen and oxygen atoms in total. The number of likely N-dealkylation sites (tertiary alicyclic amines) is 1. The zero-order valence-corrected chi connectivity index (χ0v) is 11.3. The quantitative estimate of drug-likeness (QED) is 0.902. The van der Waals surface area contributed by atoms with Crippen LogP contribution in [0.5, 0.6) is 0 Å². The highest BCUT2D eigenvalue weighted by atomic mass is 16.2. The second-order valence-corrected chi connectivity index (χ2v) is 5.98. The number of benzene rings is 1. The summed E-state index contributed by atoms with van der Waals surface area (Å²) in [5.74, 6) is 1.33. The molecule has 1 heterocycles. The maximum atomic E-state index is 12.3. The first-order valence-corrected chi connectivity index (χ1v) is 7.33. The summed E-state index contributed by atoms with van der Waals surface area (Å²) in [4.78, 5) is 14.3. The van der Waals surface area contributed by atoms with E-state index < -0.39 is 0 Å². The summed E-state index contributed by atoms with van der Waals surface area (Å²) in [5.41, 5.74) is 7.35. The number of rotatable bonds is 3. The molecule has 0 bridgehead atoms. The number of hydrogen-bond acceptors (Lipinski definition) is 2. The monoisotopic (exact) mass is 258 g/mol. The highest BCUT2D eigenvalue weighted by Gasteiger charge is 2.33. The summed E-state index contributed by atoms with van der Waals surface area (Å²) in [6.07, 6.45) is 4.36. The molecule has 102 valence electrons. The molecule has 2 aliphatic rings. The fourth-order valence-corrected chi connectivity index (χ4v) is 2.96. The lowest BCUT2D eigenvalue weighted by Gasteiger charge is -2.25. The predicted octanol–water partition coefficient (Wildman–Crippen LogP) is 2.13. The van der Waals surface area contributed by atoms with Crippen molar-refractivity contribution in [2.24, 2.45) is 11.7 Å². The van der Waals surface area contributed by atoms with Gasteiger partial charge in [0, 0.05) is 19.0 Å². The summed E-state index contributed by atoms with van der Waals surface area (Å²) >= 11 is 0. The molecular weight excluding hydrogens is 236 g/mol. The van der Waals surface area contributed by atoms with Gasteiger partial charge in [-0.1, -0.05) is 30.3 Å². The van der Waals surface area contributed by atoms with Gasteiger partial charge in [-0.15, -0.1) is 0 Å². The third kappa shape index (κ3) is 2.98. The van der Waals surface area contributed by atoms with E-state index >= 15 is 0 Å². The van der Waals surface area contributed by atoms with Crippen LogP contribution in [-0.2, 0) is 4.79 Å². The lowest BCUT2D eigenvalue weighted by molar-refractivity contribution is -0.132. The van der Waals surface area contributed by atoms with Crippen LogP contribution in [0, 0.1) is 5.92 Å². The SMILES string of the molecule is NC1CCC(c2ccccc2)CN(CC2CC2)C1=O. The number of carbonyl (C=O) groups is 1. The lowest BCUT2D eigenvalue weighted by Crippen LogP contribution is -2.43. The Kier molecular flexibility index (Phi) is 3.56. The smallest absolute Gasteiger partial charge is 0.239 e. The minimum atomic E-state index is -0.299. The van der Waals surface area contributed by atoms with Crippen molar-refractivity contribution >= 4 is 5.91 Å². The van der Waals surface area contributed by atoms with Crippen LogP contribution in [-0.4, -0.2) is 29.9 Å². The first-order valence-electron chi connectivity index (χ1n) is 7.33. The van der Waals surface area contributed by atoms with Crippen molar-refractivity contribution in [2.45, 2.75) is 37.6 Å². The van der Waals surface area contributed by atoms with Gasteiger partial charge in [0.2, 0.25) is 5.91 Å². The predicted molar refractivity (Wildman–Crippen MR) is 75.7 cm³/mol. The third-order valence-corrected chi connectivity index (χ3v) is 4.34. The number of nitrogens with two attached hydrogens (primary N) is 1. The van der Waals surface area contributed by atoms with Gasteiger partial charge < -0.3 is 10.6 Å². The Morgan fingerprint density at radius 2 is 1.84 bits per heavy atom. The van der Waals surface area contributed by atoms with Crippen LogP contribution in [0.25, 0.3) is 0 Å². The number of carbonyl (C=O) groups excluding carboxylic acids is 1. The molecule has 2 fully saturated rings. The Balaban J connectivity index is 1.76. The van der Waals surface area contributed by atoms with Gasteiger partial charge in [-0.05, 0) is 37.2 Å². The van der Waals surface area contributed by atoms with Crippen molar-refractivity contribution in [3.63, 3.8) is 0 Å². The van der Waals surface area contributed by atoms with Crippen molar-refractivity contribution < 1.29 is 4.79 Å². The van der Waals surface area contributed by atoms with E-state index in [1.807, 2.05) is 11.0 Å². The molecule has 1 saturated carbocycles. The molecule has 2 N–H and O–H groups in total. The van der Waals surface area contributed by atoms with Gasteiger partial charge in [0.05, 0.1) is 6.04 Å². The molecule has 19 heavy (non-hydrogen) atoms. The van der Waals surface area contributed by atoms with E-state index in [4.69, 9.17) is 5.73 Å². The maximum absolute atomic E-state index is 12.3. The van der Waals surface area contributed by atoms with E-state index in [0.29, 0.717) is 5.92 Å². The second-order valence-electron chi connectivity index (χ2n) is 5.98. The molecule has 3 heteroatoms. The molecule has 1 aromatic carbocycles. The minimum Gasteiger partial charge on any atom is -0.340 e. The fraction of sp³-hybridized carbons (Fsp3) is 0.562. The second kappa shape index (κ2) is 5.33. The summed E-state index contributed by atoms with van der Waals surface area (Å²) < 4.78 is 0. The van der Waals surface area contributed by atoms with Crippen LogP contribution in [0.2, 0.25) is 0 Å². The first-order chi connectivity index (χ1) is 9.24. The molecule has 0 aromatic heterocycles.